The van der Waals surface area contributed by atoms with Gasteiger partial charge in [0.05, 0.1) is 11.6 Å². The minimum atomic E-state index is -0.658. The lowest BCUT2D eigenvalue weighted by Gasteiger charge is -2.25. The molecule has 1 unspecified atom stereocenters. The van der Waals surface area contributed by atoms with Crippen LogP contribution >= 0.6 is 38.9 Å². The first-order valence-corrected chi connectivity index (χ1v) is 11.7. The number of aliphatic hydroxyl groups excluding tert-OH is 1. The first-order chi connectivity index (χ1) is 14.9. The first-order valence-electron chi connectivity index (χ1n) is 9.69. The van der Waals surface area contributed by atoms with Crippen molar-refractivity contribution < 1.29 is 14.7 Å². The minimum absolute atomic E-state index is 0.133. The number of benzene rings is 2. The number of aryl methyl sites for hydroxylation is 1. The van der Waals surface area contributed by atoms with Gasteiger partial charge in [-0.25, -0.2) is 0 Å². The van der Waals surface area contributed by atoms with Gasteiger partial charge in [-0.3, -0.25) is 9.59 Å². The fourth-order valence-corrected chi connectivity index (χ4v) is 5.15. The van der Waals surface area contributed by atoms with Crippen LogP contribution in [-0.4, -0.2) is 28.2 Å². The number of Topliss-reactive ketones (excluding diaryl/α,β-unsaturated/α-hetero) is 1. The van der Waals surface area contributed by atoms with Crippen LogP contribution in [0.1, 0.15) is 27.6 Å². The zero-order chi connectivity index (χ0) is 22.1. The topological polar surface area (TPSA) is 57.6 Å². The zero-order valence-electron chi connectivity index (χ0n) is 16.6. The number of thiophene rings is 1. The highest BCUT2D eigenvalue weighted by Gasteiger charge is 2.46. The average molecular weight is 517 g/mol. The van der Waals surface area contributed by atoms with E-state index in [1.54, 1.807) is 41.3 Å². The van der Waals surface area contributed by atoms with Crippen LogP contribution in [-0.2, 0) is 16.0 Å². The molecule has 1 N–H and O–H groups in total. The van der Waals surface area contributed by atoms with Crippen LogP contribution in [0.5, 0.6) is 0 Å². The maximum absolute atomic E-state index is 13.0. The van der Waals surface area contributed by atoms with E-state index in [1.165, 1.54) is 11.3 Å². The summed E-state index contributed by atoms with van der Waals surface area (Å²) < 4.78 is 0.859. The lowest BCUT2D eigenvalue weighted by Crippen LogP contribution is -2.31. The van der Waals surface area contributed by atoms with Crippen molar-refractivity contribution in [2.45, 2.75) is 19.4 Å². The molecule has 0 aliphatic carbocycles. The van der Waals surface area contributed by atoms with E-state index in [-0.39, 0.29) is 11.3 Å². The normalized spacial score (nSPS) is 18.0. The third-order valence-electron chi connectivity index (χ3n) is 5.36. The average Bonchev–Trinajstić information content (AvgIpc) is 3.28. The number of ketones is 1. The Labute approximate surface area is 197 Å². The molecule has 1 atom stereocenters. The van der Waals surface area contributed by atoms with Crippen LogP contribution in [0.4, 0.5) is 0 Å². The molecule has 1 aromatic heterocycles. The highest BCUT2D eigenvalue weighted by Crippen LogP contribution is 2.42. The summed E-state index contributed by atoms with van der Waals surface area (Å²) >= 11 is 10.8. The summed E-state index contributed by atoms with van der Waals surface area (Å²) in [5, 5.41) is 13.6. The Morgan fingerprint density at radius 1 is 1.10 bits per heavy atom. The summed E-state index contributed by atoms with van der Waals surface area (Å²) in [6.45, 7) is 2.30. The fourth-order valence-electron chi connectivity index (χ4n) is 3.71. The number of rotatable bonds is 5. The van der Waals surface area contributed by atoms with E-state index in [1.807, 2.05) is 30.5 Å². The molecule has 0 spiro atoms. The molecular formula is C24H19BrClNO3S. The summed E-state index contributed by atoms with van der Waals surface area (Å²) in [7, 11) is 0. The number of hydrogen-bond donors (Lipinski definition) is 1. The van der Waals surface area contributed by atoms with Gasteiger partial charge in [0.25, 0.3) is 11.7 Å². The Bertz CT molecular complexity index is 1170. The van der Waals surface area contributed by atoms with E-state index >= 15 is 0 Å². The van der Waals surface area contributed by atoms with Gasteiger partial charge in [0.2, 0.25) is 0 Å². The first kappa shape index (κ1) is 21.8. The summed E-state index contributed by atoms with van der Waals surface area (Å²) in [6, 6.07) is 15.8. The Morgan fingerprint density at radius 2 is 1.77 bits per heavy atom. The molecule has 0 saturated carbocycles. The van der Waals surface area contributed by atoms with Gasteiger partial charge >= 0.3 is 0 Å². The van der Waals surface area contributed by atoms with Crippen LogP contribution in [0.25, 0.3) is 5.76 Å². The van der Waals surface area contributed by atoms with Crippen molar-refractivity contribution >= 4 is 56.3 Å². The molecule has 1 amide bonds. The molecule has 4 nitrogen and oxygen atoms in total. The van der Waals surface area contributed by atoms with Crippen LogP contribution < -0.4 is 0 Å². The quantitative estimate of drug-likeness (QED) is 0.252. The zero-order valence-corrected chi connectivity index (χ0v) is 19.8. The van der Waals surface area contributed by atoms with Crippen molar-refractivity contribution in [1.82, 2.24) is 4.90 Å². The van der Waals surface area contributed by atoms with Crippen molar-refractivity contribution in [3.63, 3.8) is 0 Å². The molecule has 2 aromatic carbocycles. The molecule has 1 saturated heterocycles. The molecule has 1 fully saturated rings. The molecule has 0 radical (unpaired) electrons. The van der Waals surface area contributed by atoms with Gasteiger partial charge in [0.1, 0.15) is 5.76 Å². The number of carbonyl (C=O) groups excluding carboxylic acids is 2. The van der Waals surface area contributed by atoms with Crippen molar-refractivity contribution in [3.8, 4) is 0 Å². The van der Waals surface area contributed by atoms with Crippen LogP contribution in [0, 0.1) is 6.92 Å². The third-order valence-corrected chi connectivity index (χ3v) is 7.21. The second kappa shape index (κ2) is 8.99. The molecule has 4 rings (SSSR count). The van der Waals surface area contributed by atoms with E-state index in [2.05, 4.69) is 15.9 Å². The summed E-state index contributed by atoms with van der Waals surface area (Å²) in [6.07, 6.45) is 0.573. The standard InChI is InChI=1S/C24H19BrClNO3S/c1-14-11-13-31-23(14)20-19(21(28)16-4-6-17(25)7-5-16)22(29)24(30)27(20)12-10-15-2-8-18(26)9-3-15/h2-9,11,13,20,28H,10,12H2,1H3/b21-19-. The smallest absolute Gasteiger partial charge is 0.295 e. The van der Waals surface area contributed by atoms with Gasteiger partial charge in [0, 0.05) is 26.5 Å². The number of halogens is 2. The number of likely N-dealkylation sites (tertiary alicyclic amines) is 1. The van der Waals surface area contributed by atoms with E-state index in [4.69, 9.17) is 11.6 Å². The van der Waals surface area contributed by atoms with Gasteiger partial charge in [-0.05, 0) is 60.2 Å². The van der Waals surface area contributed by atoms with Crippen LogP contribution in [0.2, 0.25) is 5.02 Å². The number of nitrogens with zero attached hydrogens (tertiary/aromatic N) is 1. The summed E-state index contributed by atoms with van der Waals surface area (Å²) in [5.41, 5.74) is 2.63. The molecule has 2 heterocycles. The number of amides is 1. The highest BCUT2D eigenvalue weighted by atomic mass is 79.9. The third kappa shape index (κ3) is 4.33. The summed E-state index contributed by atoms with van der Waals surface area (Å²) in [4.78, 5) is 28.5. The molecule has 1 aliphatic rings. The highest BCUT2D eigenvalue weighted by molar-refractivity contribution is 9.10. The Morgan fingerprint density at radius 3 is 2.39 bits per heavy atom. The second-order valence-electron chi connectivity index (χ2n) is 7.34. The molecule has 1 aliphatic heterocycles. The van der Waals surface area contributed by atoms with Gasteiger partial charge in [-0.1, -0.05) is 51.8 Å². The van der Waals surface area contributed by atoms with Gasteiger partial charge in [-0.2, -0.15) is 0 Å². The maximum Gasteiger partial charge on any atom is 0.295 e. The number of hydrogen-bond acceptors (Lipinski definition) is 4. The summed E-state index contributed by atoms with van der Waals surface area (Å²) in [5.74, 6) is -1.41. The van der Waals surface area contributed by atoms with Crippen LogP contribution in [0.3, 0.4) is 0 Å². The fraction of sp³-hybridized carbons (Fsp3) is 0.167. The molecule has 31 heavy (non-hydrogen) atoms. The molecule has 3 aromatic rings. The van der Waals surface area contributed by atoms with E-state index in [0.717, 1.165) is 20.5 Å². The van der Waals surface area contributed by atoms with E-state index in [9.17, 15) is 14.7 Å². The lowest BCUT2D eigenvalue weighted by atomic mass is 9.98. The second-order valence-corrected chi connectivity index (χ2v) is 9.64. The van der Waals surface area contributed by atoms with Crippen molar-refractivity contribution in [2.24, 2.45) is 0 Å². The maximum atomic E-state index is 13.0. The van der Waals surface area contributed by atoms with E-state index in [0.29, 0.717) is 23.6 Å². The predicted molar refractivity (Wildman–Crippen MR) is 127 cm³/mol. The molecule has 7 heteroatoms. The molecule has 158 valence electrons. The number of aliphatic hydroxyl groups is 1. The Kier molecular flexibility index (Phi) is 6.32. The SMILES string of the molecule is Cc1ccsc1C1/C(=C(/O)c2ccc(Br)cc2)C(=O)C(=O)N1CCc1ccc(Cl)cc1. The van der Waals surface area contributed by atoms with Gasteiger partial charge in [-0.15, -0.1) is 11.3 Å². The largest absolute Gasteiger partial charge is 0.507 e. The van der Waals surface area contributed by atoms with Crippen molar-refractivity contribution in [2.75, 3.05) is 6.54 Å². The Balaban J connectivity index is 1.75. The van der Waals surface area contributed by atoms with Crippen LogP contribution in [0.15, 0.2) is 70.0 Å². The molecule has 0 bridgehead atoms. The van der Waals surface area contributed by atoms with Gasteiger partial charge < -0.3 is 10.0 Å². The number of carbonyl (C=O) groups is 2. The van der Waals surface area contributed by atoms with Crippen molar-refractivity contribution in [3.05, 3.63) is 96.6 Å². The monoisotopic (exact) mass is 515 g/mol. The lowest BCUT2D eigenvalue weighted by molar-refractivity contribution is -0.139. The van der Waals surface area contributed by atoms with E-state index < -0.39 is 17.7 Å². The van der Waals surface area contributed by atoms with Crippen molar-refractivity contribution in [1.29, 1.82) is 0 Å². The van der Waals surface area contributed by atoms with Gasteiger partial charge in [0.15, 0.2) is 0 Å². The predicted octanol–water partition coefficient (Wildman–Crippen LogP) is 6.14. The Hall–Kier alpha value is -2.41. The minimum Gasteiger partial charge on any atom is -0.507 e. The molecular weight excluding hydrogens is 498 g/mol.